The van der Waals surface area contributed by atoms with Crippen molar-refractivity contribution in [2.75, 3.05) is 26.3 Å². The van der Waals surface area contributed by atoms with Crippen LogP contribution in [0.1, 0.15) is 35.6 Å². The van der Waals surface area contributed by atoms with E-state index in [1.54, 1.807) is 28.9 Å². The van der Waals surface area contributed by atoms with E-state index < -0.39 is 0 Å². The minimum Gasteiger partial charge on any atom is -0.459 e. The predicted octanol–water partition coefficient (Wildman–Crippen LogP) is 1.25. The molecule has 26 heavy (non-hydrogen) atoms. The Morgan fingerprint density at radius 1 is 1.42 bits per heavy atom. The maximum atomic E-state index is 12.7. The lowest BCUT2D eigenvalue weighted by Gasteiger charge is -2.35. The van der Waals surface area contributed by atoms with Crippen molar-refractivity contribution in [1.82, 2.24) is 19.9 Å². The molecular formula is C17H22N4O5. The summed E-state index contributed by atoms with van der Waals surface area (Å²) in [5.74, 6) is 0.848. The van der Waals surface area contributed by atoms with Gasteiger partial charge in [-0.3, -0.25) is 9.59 Å². The molecule has 140 valence electrons. The highest BCUT2D eigenvalue weighted by atomic mass is 16.5. The summed E-state index contributed by atoms with van der Waals surface area (Å²) in [6.07, 6.45) is 1.62. The van der Waals surface area contributed by atoms with Gasteiger partial charge in [0.05, 0.1) is 32.1 Å². The normalized spacial score (nSPS) is 17.3. The Morgan fingerprint density at radius 2 is 2.27 bits per heavy atom. The molecule has 9 heteroatoms. The standard InChI is InChI=1S/C17H22N4O5/c1-3-20(10-15-18-12(2)19-26-15)16(22)9-13-11-24-8-6-21(13)17(23)14-5-4-7-25-14/h4-5,7,13H,3,6,8-11H2,1-2H3/t13-/m0/s1. The Hall–Kier alpha value is -2.68. The molecule has 1 aliphatic rings. The Morgan fingerprint density at radius 3 is 2.92 bits per heavy atom. The maximum absolute atomic E-state index is 12.7. The number of carbonyl (C=O) groups excluding carboxylic acids is 2. The van der Waals surface area contributed by atoms with Crippen LogP contribution in [-0.2, 0) is 16.1 Å². The van der Waals surface area contributed by atoms with Crippen molar-refractivity contribution in [2.45, 2.75) is 32.9 Å². The summed E-state index contributed by atoms with van der Waals surface area (Å²) >= 11 is 0. The molecule has 3 heterocycles. The number of ether oxygens (including phenoxy) is 1. The van der Waals surface area contributed by atoms with E-state index in [0.717, 1.165) is 0 Å². The third kappa shape index (κ3) is 4.10. The van der Waals surface area contributed by atoms with Gasteiger partial charge in [0.1, 0.15) is 0 Å². The third-order valence-electron chi connectivity index (χ3n) is 4.26. The van der Waals surface area contributed by atoms with E-state index in [1.165, 1.54) is 6.26 Å². The van der Waals surface area contributed by atoms with Crippen LogP contribution >= 0.6 is 0 Å². The van der Waals surface area contributed by atoms with E-state index in [1.807, 2.05) is 6.92 Å². The number of hydrogen-bond acceptors (Lipinski definition) is 7. The van der Waals surface area contributed by atoms with E-state index >= 15 is 0 Å². The van der Waals surface area contributed by atoms with E-state index in [9.17, 15) is 9.59 Å². The van der Waals surface area contributed by atoms with Crippen molar-refractivity contribution in [3.05, 3.63) is 35.9 Å². The Balaban J connectivity index is 1.66. The summed E-state index contributed by atoms with van der Waals surface area (Å²) < 4.78 is 15.8. The van der Waals surface area contributed by atoms with Crippen LogP contribution in [-0.4, -0.2) is 64.1 Å². The van der Waals surface area contributed by atoms with E-state index in [-0.39, 0.29) is 36.6 Å². The SMILES string of the molecule is CCN(Cc1nc(C)no1)C(=O)C[C@H]1COCCN1C(=O)c1ccco1. The van der Waals surface area contributed by atoms with E-state index in [4.69, 9.17) is 13.7 Å². The lowest BCUT2D eigenvalue weighted by atomic mass is 10.1. The molecule has 0 unspecified atom stereocenters. The number of carbonyl (C=O) groups is 2. The molecule has 3 rings (SSSR count). The second-order valence-corrected chi connectivity index (χ2v) is 6.05. The Kier molecular flexibility index (Phi) is 5.67. The smallest absolute Gasteiger partial charge is 0.289 e. The first-order valence-corrected chi connectivity index (χ1v) is 8.57. The van der Waals surface area contributed by atoms with Crippen LogP contribution in [0.5, 0.6) is 0 Å². The minimum atomic E-state index is -0.340. The number of rotatable bonds is 6. The summed E-state index contributed by atoms with van der Waals surface area (Å²) in [6, 6.07) is 2.94. The second kappa shape index (κ2) is 8.13. The third-order valence-corrected chi connectivity index (χ3v) is 4.26. The van der Waals surface area contributed by atoms with E-state index in [2.05, 4.69) is 10.1 Å². The molecule has 1 fully saturated rings. The predicted molar refractivity (Wildman–Crippen MR) is 89.1 cm³/mol. The van der Waals surface area contributed by atoms with Crippen LogP contribution in [0.2, 0.25) is 0 Å². The van der Waals surface area contributed by atoms with Crippen LogP contribution in [0.3, 0.4) is 0 Å². The van der Waals surface area contributed by atoms with Gasteiger partial charge in [-0.15, -0.1) is 0 Å². The van der Waals surface area contributed by atoms with Gasteiger partial charge in [0, 0.05) is 19.5 Å². The van der Waals surface area contributed by atoms with Crippen LogP contribution in [0.25, 0.3) is 0 Å². The largest absolute Gasteiger partial charge is 0.459 e. The molecule has 2 aromatic heterocycles. The van der Waals surface area contributed by atoms with Gasteiger partial charge in [0.25, 0.3) is 5.91 Å². The summed E-state index contributed by atoms with van der Waals surface area (Å²) in [5.41, 5.74) is 0. The summed E-state index contributed by atoms with van der Waals surface area (Å²) in [6.45, 7) is 5.53. The summed E-state index contributed by atoms with van der Waals surface area (Å²) in [5, 5.41) is 3.74. The van der Waals surface area contributed by atoms with Gasteiger partial charge in [-0.25, -0.2) is 0 Å². The van der Waals surface area contributed by atoms with Crippen LogP contribution in [0.15, 0.2) is 27.3 Å². The molecule has 0 aromatic carbocycles. The monoisotopic (exact) mass is 362 g/mol. The minimum absolute atomic E-state index is 0.101. The van der Waals surface area contributed by atoms with Crippen molar-refractivity contribution in [3.8, 4) is 0 Å². The number of amides is 2. The topological polar surface area (TPSA) is 102 Å². The van der Waals surface area contributed by atoms with Gasteiger partial charge in [-0.1, -0.05) is 5.16 Å². The molecule has 0 N–H and O–H groups in total. The van der Waals surface area contributed by atoms with Crippen LogP contribution < -0.4 is 0 Å². The zero-order valence-electron chi connectivity index (χ0n) is 14.9. The number of nitrogens with zero attached hydrogens (tertiary/aromatic N) is 4. The van der Waals surface area contributed by atoms with Gasteiger partial charge in [-0.2, -0.15) is 4.98 Å². The van der Waals surface area contributed by atoms with Gasteiger partial charge < -0.3 is 23.5 Å². The first-order chi connectivity index (χ1) is 12.6. The van der Waals surface area contributed by atoms with Gasteiger partial charge in [0.2, 0.25) is 11.8 Å². The molecule has 2 amide bonds. The molecular weight excluding hydrogens is 340 g/mol. The quantitative estimate of drug-likeness (QED) is 0.762. The zero-order valence-corrected chi connectivity index (χ0v) is 14.9. The number of aryl methyl sites for hydroxylation is 1. The van der Waals surface area contributed by atoms with Crippen LogP contribution in [0.4, 0.5) is 0 Å². The lowest BCUT2D eigenvalue weighted by molar-refractivity contribution is -0.134. The number of aromatic nitrogens is 2. The van der Waals surface area contributed by atoms with Gasteiger partial charge >= 0.3 is 0 Å². The molecule has 2 aromatic rings. The van der Waals surface area contributed by atoms with Crippen molar-refractivity contribution in [3.63, 3.8) is 0 Å². The Bertz CT molecular complexity index is 742. The van der Waals surface area contributed by atoms with Crippen molar-refractivity contribution >= 4 is 11.8 Å². The maximum Gasteiger partial charge on any atom is 0.289 e. The first-order valence-electron chi connectivity index (χ1n) is 8.57. The number of hydrogen-bond donors (Lipinski definition) is 0. The molecule has 0 aliphatic carbocycles. The molecule has 1 aliphatic heterocycles. The molecule has 1 saturated heterocycles. The zero-order chi connectivity index (χ0) is 18.5. The molecule has 0 saturated carbocycles. The lowest BCUT2D eigenvalue weighted by Crippen LogP contribution is -2.50. The average molecular weight is 362 g/mol. The van der Waals surface area contributed by atoms with E-state index in [0.29, 0.717) is 38.0 Å². The highest BCUT2D eigenvalue weighted by Crippen LogP contribution is 2.17. The molecule has 0 radical (unpaired) electrons. The molecule has 0 bridgehead atoms. The fraction of sp³-hybridized carbons (Fsp3) is 0.529. The number of furan rings is 1. The molecule has 1 atom stereocenters. The van der Waals surface area contributed by atoms with Gasteiger partial charge in [0.15, 0.2) is 11.6 Å². The van der Waals surface area contributed by atoms with Gasteiger partial charge in [-0.05, 0) is 26.0 Å². The molecule has 0 spiro atoms. The van der Waals surface area contributed by atoms with Crippen molar-refractivity contribution in [1.29, 1.82) is 0 Å². The van der Waals surface area contributed by atoms with Crippen LogP contribution in [0, 0.1) is 6.92 Å². The fourth-order valence-electron chi connectivity index (χ4n) is 2.91. The summed E-state index contributed by atoms with van der Waals surface area (Å²) in [7, 11) is 0. The Labute approximate surface area is 150 Å². The fourth-order valence-corrected chi connectivity index (χ4v) is 2.91. The highest BCUT2D eigenvalue weighted by molar-refractivity contribution is 5.92. The molecule has 9 nitrogen and oxygen atoms in total. The summed E-state index contributed by atoms with van der Waals surface area (Å²) in [4.78, 5) is 32.7. The highest BCUT2D eigenvalue weighted by Gasteiger charge is 2.32. The van der Waals surface area contributed by atoms with Crippen molar-refractivity contribution in [2.24, 2.45) is 0 Å². The first kappa shape index (κ1) is 18.1. The average Bonchev–Trinajstić information content (AvgIpc) is 3.31. The number of morpholine rings is 1. The van der Waals surface area contributed by atoms with Crippen molar-refractivity contribution < 1.29 is 23.3 Å². The second-order valence-electron chi connectivity index (χ2n) is 6.05.